The van der Waals surface area contributed by atoms with Gasteiger partial charge >= 0.3 is 0 Å². The Bertz CT molecular complexity index is 541. The Morgan fingerprint density at radius 2 is 2.10 bits per heavy atom. The lowest BCUT2D eigenvalue weighted by Crippen LogP contribution is -2.38. The van der Waals surface area contributed by atoms with E-state index in [-0.39, 0.29) is 5.54 Å². The second kappa shape index (κ2) is 6.31. The monoisotopic (exact) mass is 296 g/mol. The maximum atomic E-state index is 4.04. The number of thioether (sulfide) groups is 1. The van der Waals surface area contributed by atoms with Crippen LogP contribution in [0, 0.1) is 0 Å². The Labute approximate surface area is 122 Å². The minimum absolute atomic E-state index is 0.0972. The minimum atomic E-state index is 0.0972. The van der Waals surface area contributed by atoms with Gasteiger partial charge in [-0.2, -0.15) is 0 Å². The standard InChI is InChI=1S/C11H20N8S/c1-11(2,3)12-5-6-19-10(15-16-17-19)20-7-9-14-13-8-18(9)4/h8,12H,5-7H2,1-4H3. The van der Waals surface area contributed by atoms with E-state index in [0.717, 1.165) is 24.1 Å². The maximum Gasteiger partial charge on any atom is 0.209 e. The topological polar surface area (TPSA) is 86.3 Å². The van der Waals surface area contributed by atoms with Crippen LogP contribution in [-0.2, 0) is 19.3 Å². The highest BCUT2D eigenvalue weighted by Crippen LogP contribution is 2.18. The summed E-state index contributed by atoms with van der Waals surface area (Å²) < 4.78 is 3.70. The summed E-state index contributed by atoms with van der Waals surface area (Å²) in [6.45, 7) is 7.97. The van der Waals surface area contributed by atoms with E-state index in [1.807, 2.05) is 11.6 Å². The zero-order valence-corrected chi connectivity index (χ0v) is 13.1. The highest BCUT2D eigenvalue weighted by Gasteiger charge is 2.11. The first-order valence-corrected chi connectivity index (χ1v) is 7.41. The Morgan fingerprint density at radius 3 is 2.75 bits per heavy atom. The third kappa shape index (κ3) is 4.27. The Morgan fingerprint density at radius 1 is 1.30 bits per heavy atom. The fourth-order valence-electron chi connectivity index (χ4n) is 1.54. The van der Waals surface area contributed by atoms with E-state index >= 15 is 0 Å². The number of hydrogen-bond acceptors (Lipinski definition) is 7. The van der Waals surface area contributed by atoms with E-state index in [9.17, 15) is 0 Å². The van der Waals surface area contributed by atoms with Crippen LogP contribution in [0.4, 0.5) is 0 Å². The summed E-state index contributed by atoms with van der Waals surface area (Å²) in [5, 5.41) is 23.9. The first kappa shape index (κ1) is 14.9. The van der Waals surface area contributed by atoms with E-state index in [4.69, 9.17) is 0 Å². The number of hydrogen-bond donors (Lipinski definition) is 1. The van der Waals surface area contributed by atoms with E-state index in [1.165, 1.54) is 0 Å². The summed E-state index contributed by atoms with van der Waals surface area (Å²) in [4.78, 5) is 0. The average molecular weight is 296 g/mol. The van der Waals surface area contributed by atoms with Gasteiger partial charge < -0.3 is 9.88 Å². The molecule has 20 heavy (non-hydrogen) atoms. The summed E-state index contributed by atoms with van der Waals surface area (Å²) in [6, 6.07) is 0. The lowest BCUT2D eigenvalue weighted by atomic mass is 10.1. The van der Waals surface area contributed by atoms with Crippen LogP contribution in [0.3, 0.4) is 0 Å². The smallest absolute Gasteiger partial charge is 0.209 e. The molecule has 8 nitrogen and oxygen atoms in total. The molecule has 0 bridgehead atoms. The molecule has 0 aliphatic heterocycles. The molecule has 2 rings (SSSR count). The van der Waals surface area contributed by atoms with Crippen molar-refractivity contribution in [3.05, 3.63) is 12.2 Å². The highest BCUT2D eigenvalue weighted by atomic mass is 32.2. The molecule has 0 saturated carbocycles. The van der Waals surface area contributed by atoms with E-state index in [2.05, 4.69) is 51.8 Å². The van der Waals surface area contributed by atoms with Crippen LogP contribution < -0.4 is 5.32 Å². The van der Waals surface area contributed by atoms with E-state index < -0.39 is 0 Å². The lowest BCUT2D eigenvalue weighted by Gasteiger charge is -2.20. The van der Waals surface area contributed by atoms with Crippen molar-refractivity contribution in [2.24, 2.45) is 7.05 Å². The maximum absolute atomic E-state index is 4.04. The van der Waals surface area contributed by atoms with Crippen LogP contribution in [0.1, 0.15) is 26.6 Å². The average Bonchev–Trinajstić information content (AvgIpc) is 2.94. The normalized spacial score (nSPS) is 12.0. The number of nitrogens with zero attached hydrogens (tertiary/aromatic N) is 7. The van der Waals surface area contributed by atoms with Crippen LogP contribution in [-0.4, -0.2) is 47.1 Å². The molecule has 0 aliphatic carbocycles. The summed E-state index contributed by atoms with van der Waals surface area (Å²) in [7, 11) is 1.92. The molecular weight excluding hydrogens is 276 g/mol. The van der Waals surface area contributed by atoms with Crippen molar-refractivity contribution in [3.63, 3.8) is 0 Å². The summed E-state index contributed by atoms with van der Waals surface area (Å²) in [5.41, 5.74) is 0.0972. The van der Waals surface area contributed by atoms with Crippen LogP contribution in [0.15, 0.2) is 11.5 Å². The first-order valence-electron chi connectivity index (χ1n) is 6.42. The van der Waals surface area contributed by atoms with Gasteiger partial charge in [0.15, 0.2) is 0 Å². The molecule has 110 valence electrons. The quantitative estimate of drug-likeness (QED) is 0.776. The third-order valence-electron chi connectivity index (χ3n) is 2.61. The fraction of sp³-hybridized carbons (Fsp3) is 0.727. The third-order valence-corrected chi connectivity index (χ3v) is 3.57. The van der Waals surface area contributed by atoms with Gasteiger partial charge in [0.2, 0.25) is 5.16 Å². The molecule has 9 heteroatoms. The van der Waals surface area contributed by atoms with Crippen LogP contribution >= 0.6 is 11.8 Å². The van der Waals surface area contributed by atoms with E-state index in [0.29, 0.717) is 5.75 Å². The summed E-state index contributed by atoms with van der Waals surface area (Å²) >= 11 is 1.56. The molecule has 0 spiro atoms. The van der Waals surface area contributed by atoms with Gasteiger partial charge in [-0.25, -0.2) is 4.68 Å². The Hall–Kier alpha value is -1.48. The van der Waals surface area contributed by atoms with Gasteiger partial charge in [0.05, 0.1) is 12.3 Å². The lowest BCUT2D eigenvalue weighted by molar-refractivity contribution is 0.396. The van der Waals surface area contributed by atoms with Crippen molar-refractivity contribution in [3.8, 4) is 0 Å². The molecule has 0 aliphatic rings. The second-order valence-corrected chi connectivity index (χ2v) is 6.45. The van der Waals surface area contributed by atoms with E-state index in [1.54, 1.807) is 22.8 Å². The van der Waals surface area contributed by atoms with Gasteiger partial charge in [0.1, 0.15) is 12.2 Å². The number of rotatable bonds is 6. The van der Waals surface area contributed by atoms with Crippen molar-refractivity contribution in [2.45, 2.75) is 43.8 Å². The second-order valence-electron chi connectivity index (χ2n) is 5.51. The van der Waals surface area contributed by atoms with Gasteiger partial charge in [-0.15, -0.1) is 15.3 Å². The number of aryl methyl sites for hydroxylation is 1. The minimum Gasteiger partial charge on any atom is -0.320 e. The number of aromatic nitrogens is 7. The molecule has 0 atom stereocenters. The number of tetrazole rings is 1. The molecule has 0 radical (unpaired) electrons. The molecule has 2 aromatic heterocycles. The SMILES string of the molecule is Cn1cnnc1CSc1nnnn1CCNC(C)(C)C. The molecule has 2 heterocycles. The zero-order valence-electron chi connectivity index (χ0n) is 12.2. The van der Waals surface area contributed by atoms with Crippen molar-refractivity contribution < 1.29 is 0 Å². The molecule has 0 fully saturated rings. The molecule has 1 N–H and O–H groups in total. The van der Waals surface area contributed by atoms with Gasteiger partial charge in [-0.1, -0.05) is 11.8 Å². The fourth-order valence-corrected chi connectivity index (χ4v) is 2.43. The van der Waals surface area contributed by atoms with Gasteiger partial charge in [0, 0.05) is 19.1 Å². The largest absolute Gasteiger partial charge is 0.320 e. The first-order chi connectivity index (χ1) is 9.46. The van der Waals surface area contributed by atoms with Gasteiger partial charge in [0.25, 0.3) is 0 Å². The summed E-state index contributed by atoms with van der Waals surface area (Å²) in [5.74, 6) is 1.60. The molecule has 0 amide bonds. The summed E-state index contributed by atoms with van der Waals surface area (Å²) in [6.07, 6.45) is 1.69. The predicted molar refractivity (Wildman–Crippen MR) is 76.1 cm³/mol. The Kier molecular flexibility index (Phi) is 4.71. The molecule has 2 aromatic rings. The molecular formula is C11H20N8S. The zero-order chi connectivity index (χ0) is 14.6. The predicted octanol–water partition coefficient (Wildman–Crippen LogP) is 0.482. The highest BCUT2D eigenvalue weighted by molar-refractivity contribution is 7.98. The van der Waals surface area contributed by atoms with Crippen molar-refractivity contribution in [1.82, 2.24) is 40.3 Å². The van der Waals surface area contributed by atoms with Crippen molar-refractivity contribution in [2.75, 3.05) is 6.54 Å². The van der Waals surface area contributed by atoms with Crippen LogP contribution in [0.5, 0.6) is 0 Å². The molecule has 0 aromatic carbocycles. The van der Waals surface area contributed by atoms with Crippen LogP contribution in [0.2, 0.25) is 0 Å². The van der Waals surface area contributed by atoms with Crippen LogP contribution in [0.25, 0.3) is 0 Å². The molecule has 0 unspecified atom stereocenters. The van der Waals surface area contributed by atoms with Crippen molar-refractivity contribution >= 4 is 11.8 Å². The van der Waals surface area contributed by atoms with Gasteiger partial charge in [-0.3, -0.25) is 0 Å². The van der Waals surface area contributed by atoms with Crippen molar-refractivity contribution in [1.29, 1.82) is 0 Å². The number of nitrogens with one attached hydrogen (secondary N) is 1. The Balaban J connectivity index is 1.87. The van der Waals surface area contributed by atoms with Gasteiger partial charge in [-0.05, 0) is 31.2 Å². The molecule has 0 saturated heterocycles.